The van der Waals surface area contributed by atoms with Crippen LogP contribution >= 0.6 is 0 Å². The number of rotatable bonds is 4. The lowest BCUT2D eigenvalue weighted by molar-refractivity contribution is 0.448. The largest absolute Gasteiger partial charge is 0.507 e. The third-order valence-electron chi connectivity index (χ3n) is 4.18. The van der Waals surface area contributed by atoms with Crippen LogP contribution < -0.4 is 5.32 Å². The highest BCUT2D eigenvalue weighted by Gasteiger charge is 2.29. The Morgan fingerprint density at radius 3 is 2.89 bits per heavy atom. The number of fused-ring (bicyclic) bond motifs is 1. The van der Waals surface area contributed by atoms with Crippen LogP contribution in [-0.2, 0) is 12.8 Å². The molecule has 0 spiro atoms. The highest BCUT2D eigenvalue weighted by Crippen LogP contribution is 2.43. The lowest BCUT2D eigenvalue weighted by atomic mass is 9.90. The molecule has 0 amide bonds. The first-order valence-electron chi connectivity index (χ1n) is 6.81. The van der Waals surface area contributed by atoms with Gasteiger partial charge in [-0.25, -0.2) is 0 Å². The highest BCUT2D eigenvalue weighted by molar-refractivity contribution is 5.55. The first-order chi connectivity index (χ1) is 8.63. The average molecular weight is 245 g/mol. The predicted molar refractivity (Wildman–Crippen MR) is 76.2 cm³/mol. The van der Waals surface area contributed by atoms with Gasteiger partial charge in [-0.3, -0.25) is 0 Å². The van der Waals surface area contributed by atoms with Crippen molar-refractivity contribution in [1.29, 1.82) is 0 Å². The molecule has 98 valence electrons. The average Bonchev–Trinajstić information content (AvgIpc) is 2.83. The lowest BCUT2D eigenvalue weighted by Gasteiger charge is -2.19. The molecule has 1 aromatic rings. The first kappa shape index (κ1) is 13.2. The van der Waals surface area contributed by atoms with Crippen molar-refractivity contribution >= 4 is 0 Å². The van der Waals surface area contributed by atoms with Crippen LogP contribution in [0.2, 0.25) is 0 Å². The quantitative estimate of drug-likeness (QED) is 0.796. The zero-order chi connectivity index (χ0) is 13.3. The maximum Gasteiger partial charge on any atom is 0.124 e. The molecule has 2 rings (SSSR count). The van der Waals surface area contributed by atoms with Gasteiger partial charge in [-0.15, -0.1) is 6.58 Å². The van der Waals surface area contributed by atoms with Crippen LogP contribution in [0, 0.1) is 0 Å². The van der Waals surface area contributed by atoms with Crippen molar-refractivity contribution in [3.05, 3.63) is 41.0 Å². The van der Waals surface area contributed by atoms with E-state index in [2.05, 4.69) is 31.8 Å². The molecule has 2 heteroatoms. The summed E-state index contributed by atoms with van der Waals surface area (Å²) in [4.78, 5) is 0. The molecule has 0 aromatic heterocycles. The Morgan fingerprint density at radius 1 is 1.61 bits per heavy atom. The van der Waals surface area contributed by atoms with Gasteiger partial charge in [0.25, 0.3) is 0 Å². The molecule has 0 heterocycles. The van der Waals surface area contributed by atoms with E-state index in [1.54, 1.807) is 0 Å². The molecule has 1 aromatic carbocycles. The Bertz CT molecular complexity index is 465. The van der Waals surface area contributed by atoms with E-state index in [0.29, 0.717) is 11.8 Å². The zero-order valence-electron chi connectivity index (χ0n) is 11.6. The molecule has 18 heavy (non-hydrogen) atoms. The van der Waals surface area contributed by atoms with E-state index in [1.807, 2.05) is 13.1 Å². The Balaban J connectivity index is 2.63. The minimum absolute atomic E-state index is 0.193. The first-order valence-corrected chi connectivity index (χ1v) is 6.81. The molecule has 0 radical (unpaired) electrons. The van der Waals surface area contributed by atoms with Crippen LogP contribution in [0.5, 0.6) is 5.75 Å². The normalized spacial score (nSPS) is 19.6. The summed E-state index contributed by atoms with van der Waals surface area (Å²) in [7, 11) is 1.97. The van der Waals surface area contributed by atoms with Crippen molar-refractivity contribution in [3.63, 3.8) is 0 Å². The zero-order valence-corrected chi connectivity index (χ0v) is 11.6. The molecule has 1 aliphatic carbocycles. The monoisotopic (exact) mass is 245 g/mol. The summed E-state index contributed by atoms with van der Waals surface area (Å²) >= 11 is 0. The molecule has 0 saturated carbocycles. The number of nitrogens with one attached hydrogen (secondary N) is 1. The van der Waals surface area contributed by atoms with Crippen LogP contribution in [0.1, 0.15) is 54.5 Å². The van der Waals surface area contributed by atoms with Crippen LogP contribution in [0.15, 0.2) is 18.7 Å². The second kappa shape index (κ2) is 5.15. The molecule has 0 saturated heterocycles. The van der Waals surface area contributed by atoms with Gasteiger partial charge in [0.15, 0.2) is 0 Å². The van der Waals surface area contributed by atoms with Gasteiger partial charge in [-0.05, 0) is 37.4 Å². The van der Waals surface area contributed by atoms with E-state index in [4.69, 9.17) is 0 Å². The van der Waals surface area contributed by atoms with Crippen molar-refractivity contribution < 1.29 is 5.11 Å². The topological polar surface area (TPSA) is 32.3 Å². The van der Waals surface area contributed by atoms with Crippen molar-refractivity contribution in [2.75, 3.05) is 7.05 Å². The molecular formula is C16H23NO. The summed E-state index contributed by atoms with van der Waals surface area (Å²) < 4.78 is 0. The number of aryl methyl sites for hydroxylation is 1. The van der Waals surface area contributed by atoms with Gasteiger partial charge in [0, 0.05) is 23.1 Å². The van der Waals surface area contributed by atoms with Crippen molar-refractivity contribution in [3.8, 4) is 5.75 Å². The van der Waals surface area contributed by atoms with Gasteiger partial charge < -0.3 is 10.4 Å². The summed E-state index contributed by atoms with van der Waals surface area (Å²) in [6.45, 7) is 8.10. The van der Waals surface area contributed by atoms with Crippen molar-refractivity contribution in [2.45, 2.75) is 45.1 Å². The van der Waals surface area contributed by atoms with Gasteiger partial charge in [-0.1, -0.05) is 26.0 Å². The van der Waals surface area contributed by atoms with Gasteiger partial charge in [0.05, 0.1) is 0 Å². The standard InChI is InChI=1S/C16H23NO/c1-5-10(3)13-9-11(6-2)12-7-8-14(17-4)15(12)16(13)18/h5,9-10,14,17-18H,1,6-8H2,2-4H3. The van der Waals surface area contributed by atoms with Gasteiger partial charge in [0.1, 0.15) is 5.75 Å². The molecule has 2 nitrogen and oxygen atoms in total. The Hall–Kier alpha value is -1.28. The summed E-state index contributed by atoms with van der Waals surface area (Å²) in [5.74, 6) is 0.671. The maximum absolute atomic E-state index is 10.5. The smallest absolute Gasteiger partial charge is 0.124 e. The molecule has 2 unspecified atom stereocenters. The minimum Gasteiger partial charge on any atom is -0.507 e. The Kier molecular flexibility index (Phi) is 3.76. The summed E-state index contributed by atoms with van der Waals surface area (Å²) in [6.07, 6.45) is 5.07. The fourth-order valence-corrected chi connectivity index (χ4v) is 3.00. The summed E-state index contributed by atoms with van der Waals surface area (Å²) in [5.41, 5.74) is 4.88. The minimum atomic E-state index is 0.193. The van der Waals surface area contributed by atoms with Crippen LogP contribution in [-0.4, -0.2) is 12.2 Å². The van der Waals surface area contributed by atoms with E-state index in [0.717, 1.165) is 30.4 Å². The van der Waals surface area contributed by atoms with Crippen LogP contribution in [0.25, 0.3) is 0 Å². The van der Waals surface area contributed by atoms with Crippen molar-refractivity contribution in [1.82, 2.24) is 5.32 Å². The molecule has 0 aliphatic heterocycles. The Labute approximate surface area is 110 Å². The highest BCUT2D eigenvalue weighted by atomic mass is 16.3. The van der Waals surface area contributed by atoms with Crippen LogP contribution in [0.4, 0.5) is 0 Å². The third kappa shape index (κ3) is 1.95. The number of phenols is 1. The van der Waals surface area contributed by atoms with Gasteiger partial charge >= 0.3 is 0 Å². The van der Waals surface area contributed by atoms with Crippen molar-refractivity contribution in [2.24, 2.45) is 0 Å². The summed E-state index contributed by atoms with van der Waals surface area (Å²) in [6, 6.07) is 2.46. The fraction of sp³-hybridized carbons (Fsp3) is 0.500. The number of hydrogen-bond acceptors (Lipinski definition) is 2. The van der Waals surface area contributed by atoms with E-state index in [9.17, 15) is 5.11 Å². The fourth-order valence-electron chi connectivity index (χ4n) is 3.00. The summed E-state index contributed by atoms with van der Waals surface area (Å²) in [5, 5.41) is 13.9. The second-order valence-electron chi connectivity index (χ2n) is 5.12. The van der Waals surface area contributed by atoms with Crippen LogP contribution in [0.3, 0.4) is 0 Å². The second-order valence-corrected chi connectivity index (χ2v) is 5.12. The SMILES string of the molecule is C=CC(C)c1cc(CC)c2c(c1O)C(NC)CC2. The third-order valence-corrected chi connectivity index (χ3v) is 4.18. The number of benzene rings is 1. The van der Waals surface area contributed by atoms with E-state index >= 15 is 0 Å². The predicted octanol–water partition coefficient (Wildman–Crippen LogP) is 3.45. The molecule has 2 N–H and O–H groups in total. The van der Waals surface area contributed by atoms with E-state index in [1.165, 1.54) is 11.1 Å². The molecule has 1 aliphatic rings. The van der Waals surface area contributed by atoms with E-state index in [-0.39, 0.29) is 5.92 Å². The number of allylic oxidation sites excluding steroid dienone is 1. The molecule has 0 bridgehead atoms. The van der Waals surface area contributed by atoms with E-state index < -0.39 is 0 Å². The van der Waals surface area contributed by atoms with Gasteiger partial charge in [0.2, 0.25) is 0 Å². The number of phenolic OH excluding ortho intramolecular Hbond substituents is 1. The van der Waals surface area contributed by atoms with Gasteiger partial charge in [-0.2, -0.15) is 0 Å². The number of hydrogen-bond donors (Lipinski definition) is 2. The Morgan fingerprint density at radius 2 is 2.33 bits per heavy atom. The molecule has 2 atom stereocenters. The number of aromatic hydroxyl groups is 1. The molecule has 0 fully saturated rings. The maximum atomic E-state index is 10.5. The molecular weight excluding hydrogens is 222 g/mol. The lowest BCUT2D eigenvalue weighted by Crippen LogP contribution is -2.14.